The van der Waals surface area contributed by atoms with Crippen LogP contribution in [0.1, 0.15) is 28.7 Å². The summed E-state index contributed by atoms with van der Waals surface area (Å²) in [4.78, 5) is 4.94. The van der Waals surface area contributed by atoms with E-state index in [1.54, 1.807) is 22.3 Å². The van der Waals surface area contributed by atoms with E-state index in [1.807, 2.05) is 0 Å². The van der Waals surface area contributed by atoms with Gasteiger partial charge >= 0.3 is 0 Å². The third-order valence-electron chi connectivity index (χ3n) is 4.80. The van der Waals surface area contributed by atoms with E-state index in [0.29, 0.717) is 0 Å². The van der Waals surface area contributed by atoms with Gasteiger partial charge in [-0.1, -0.05) is 12.1 Å². The lowest BCUT2D eigenvalue weighted by atomic mass is 9.91. The number of benzene rings is 1. The molecule has 0 bridgehead atoms. The number of fused-ring (bicyclic) bond motifs is 2. The highest BCUT2D eigenvalue weighted by Gasteiger charge is 2.16. The van der Waals surface area contributed by atoms with Gasteiger partial charge in [0.25, 0.3) is 0 Å². The molecule has 0 spiro atoms. The van der Waals surface area contributed by atoms with Crippen molar-refractivity contribution in [2.24, 2.45) is 0 Å². The highest BCUT2D eigenvalue weighted by atomic mass is 15.1. The van der Waals surface area contributed by atoms with Crippen LogP contribution in [0.15, 0.2) is 12.1 Å². The number of hydrogen-bond donors (Lipinski definition) is 0. The summed E-state index contributed by atoms with van der Waals surface area (Å²) in [5, 5.41) is 0. The fourth-order valence-electron chi connectivity index (χ4n) is 3.42. The zero-order valence-electron chi connectivity index (χ0n) is 12.4. The van der Waals surface area contributed by atoms with Crippen LogP contribution in [0, 0.1) is 0 Å². The molecular weight excluding hydrogens is 232 g/mol. The Labute approximate surface area is 117 Å². The minimum atomic E-state index is 1.21. The predicted molar refractivity (Wildman–Crippen MR) is 80.9 cm³/mol. The van der Waals surface area contributed by atoms with Crippen molar-refractivity contribution in [1.82, 2.24) is 9.80 Å². The summed E-state index contributed by atoms with van der Waals surface area (Å²) in [5.41, 5.74) is 6.50. The second-order valence-electron chi connectivity index (χ2n) is 6.35. The molecule has 1 aromatic carbocycles. The maximum Gasteiger partial charge on any atom is 0.00190 e. The van der Waals surface area contributed by atoms with E-state index in [-0.39, 0.29) is 0 Å². The second kappa shape index (κ2) is 5.64. The molecule has 0 radical (unpaired) electrons. The van der Waals surface area contributed by atoms with Gasteiger partial charge in [-0.3, -0.25) is 0 Å². The van der Waals surface area contributed by atoms with Gasteiger partial charge in [0.2, 0.25) is 0 Å². The second-order valence-corrected chi connectivity index (χ2v) is 6.35. The van der Waals surface area contributed by atoms with Gasteiger partial charge in [-0.2, -0.15) is 0 Å². The Bertz CT molecular complexity index is 453. The Kier molecular flexibility index (Phi) is 3.90. The van der Waals surface area contributed by atoms with E-state index in [2.05, 4.69) is 36.0 Å². The Balaban J connectivity index is 1.90. The smallest absolute Gasteiger partial charge is 0.00190 e. The molecule has 2 aliphatic rings. The molecule has 19 heavy (non-hydrogen) atoms. The molecule has 104 valence electrons. The first kappa shape index (κ1) is 13.1. The fourth-order valence-corrected chi connectivity index (χ4v) is 3.42. The van der Waals surface area contributed by atoms with Crippen molar-refractivity contribution in [1.29, 1.82) is 0 Å². The topological polar surface area (TPSA) is 6.48 Å². The van der Waals surface area contributed by atoms with Crippen LogP contribution in [0.25, 0.3) is 0 Å². The summed E-state index contributed by atoms with van der Waals surface area (Å²) in [7, 11) is 4.50. The van der Waals surface area contributed by atoms with Gasteiger partial charge in [-0.15, -0.1) is 0 Å². The summed E-state index contributed by atoms with van der Waals surface area (Å²) in [6, 6.07) is 5.07. The molecule has 0 aliphatic carbocycles. The lowest BCUT2D eigenvalue weighted by Gasteiger charge is -2.23. The van der Waals surface area contributed by atoms with Gasteiger partial charge in [0, 0.05) is 19.6 Å². The first-order valence-corrected chi connectivity index (χ1v) is 7.73. The van der Waals surface area contributed by atoms with E-state index in [0.717, 1.165) is 0 Å². The number of rotatable bonds is 0. The van der Waals surface area contributed by atoms with Gasteiger partial charge < -0.3 is 9.80 Å². The van der Waals surface area contributed by atoms with Gasteiger partial charge in [0.05, 0.1) is 0 Å². The quantitative estimate of drug-likeness (QED) is 0.703. The molecule has 2 heteroatoms. The van der Waals surface area contributed by atoms with Crippen molar-refractivity contribution in [2.75, 3.05) is 40.3 Å². The Hall–Kier alpha value is -0.860. The van der Waals surface area contributed by atoms with Crippen LogP contribution in [-0.4, -0.2) is 50.1 Å². The molecule has 3 rings (SSSR count). The van der Waals surface area contributed by atoms with Crippen LogP contribution < -0.4 is 0 Å². The molecule has 0 N–H and O–H groups in total. The van der Waals surface area contributed by atoms with Crippen molar-refractivity contribution in [3.8, 4) is 0 Å². The van der Waals surface area contributed by atoms with Crippen LogP contribution in [0.4, 0.5) is 0 Å². The van der Waals surface area contributed by atoms with E-state index in [9.17, 15) is 0 Å². The Morgan fingerprint density at radius 3 is 1.58 bits per heavy atom. The van der Waals surface area contributed by atoms with Gasteiger partial charge in [-0.25, -0.2) is 0 Å². The molecule has 0 fully saturated rings. The van der Waals surface area contributed by atoms with Crippen molar-refractivity contribution in [3.63, 3.8) is 0 Å². The highest BCUT2D eigenvalue weighted by molar-refractivity contribution is 5.40. The molecule has 2 nitrogen and oxygen atoms in total. The zero-order chi connectivity index (χ0) is 13.2. The zero-order valence-corrected chi connectivity index (χ0v) is 12.4. The number of likely N-dealkylation sites (N-methyl/N-ethyl adjacent to an activating group) is 2. The SMILES string of the molecule is CN1CCCc2cc3c(cc2CC1)CCN(C)CC3. The summed E-state index contributed by atoms with van der Waals surface area (Å²) >= 11 is 0. The van der Waals surface area contributed by atoms with Crippen LogP contribution in [0.2, 0.25) is 0 Å². The van der Waals surface area contributed by atoms with Gasteiger partial charge in [0.1, 0.15) is 0 Å². The van der Waals surface area contributed by atoms with E-state index >= 15 is 0 Å². The maximum atomic E-state index is 2.54. The molecule has 0 amide bonds. The number of nitrogens with zero attached hydrogens (tertiary/aromatic N) is 2. The van der Waals surface area contributed by atoms with E-state index < -0.39 is 0 Å². The fraction of sp³-hybridized carbons (Fsp3) is 0.647. The molecule has 0 saturated heterocycles. The van der Waals surface area contributed by atoms with Crippen LogP contribution in [-0.2, 0) is 25.7 Å². The summed E-state index contributed by atoms with van der Waals surface area (Å²) in [6.45, 7) is 4.89. The standard InChI is InChI=1S/C17H26N2/c1-18-8-3-4-14-12-16-6-10-19(2)11-7-17(16)13-15(14)5-9-18/h12-13H,3-11H2,1-2H3. The van der Waals surface area contributed by atoms with E-state index in [1.165, 1.54) is 58.3 Å². The molecular formula is C17H26N2. The lowest BCUT2D eigenvalue weighted by Crippen LogP contribution is -2.25. The minimum absolute atomic E-state index is 1.21. The summed E-state index contributed by atoms with van der Waals surface area (Å²) in [5.74, 6) is 0. The summed E-state index contributed by atoms with van der Waals surface area (Å²) < 4.78 is 0. The van der Waals surface area contributed by atoms with Crippen LogP contribution in [0.5, 0.6) is 0 Å². The molecule has 1 aromatic rings. The average Bonchev–Trinajstić information content (AvgIpc) is 2.56. The number of aryl methyl sites for hydroxylation is 1. The van der Waals surface area contributed by atoms with Crippen molar-refractivity contribution in [2.45, 2.75) is 32.1 Å². The Morgan fingerprint density at radius 1 is 0.632 bits per heavy atom. The average molecular weight is 258 g/mol. The molecule has 0 unspecified atom stereocenters. The van der Waals surface area contributed by atoms with Crippen molar-refractivity contribution < 1.29 is 0 Å². The molecule has 0 saturated carbocycles. The third-order valence-corrected chi connectivity index (χ3v) is 4.80. The molecule has 2 aliphatic heterocycles. The highest BCUT2D eigenvalue weighted by Crippen LogP contribution is 2.24. The van der Waals surface area contributed by atoms with Crippen LogP contribution >= 0.6 is 0 Å². The normalized spacial score (nSPS) is 22.0. The monoisotopic (exact) mass is 258 g/mol. The first-order chi connectivity index (χ1) is 9.22. The summed E-state index contributed by atoms with van der Waals surface area (Å²) in [6.07, 6.45) is 6.27. The molecule has 2 heterocycles. The van der Waals surface area contributed by atoms with E-state index in [4.69, 9.17) is 0 Å². The van der Waals surface area contributed by atoms with Crippen molar-refractivity contribution >= 4 is 0 Å². The molecule has 0 atom stereocenters. The molecule has 0 aromatic heterocycles. The van der Waals surface area contributed by atoms with Crippen molar-refractivity contribution in [3.05, 3.63) is 34.4 Å². The Morgan fingerprint density at radius 2 is 1.05 bits per heavy atom. The first-order valence-electron chi connectivity index (χ1n) is 7.73. The lowest BCUT2D eigenvalue weighted by molar-refractivity contribution is 0.327. The van der Waals surface area contributed by atoms with Gasteiger partial charge in [-0.05, 0) is 75.0 Å². The predicted octanol–water partition coefficient (Wildman–Crippen LogP) is 2.14. The maximum absolute atomic E-state index is 2.54. The number of hydrogen-bond acceptors (Lipinski definition) is 2. The third kappa shape index (κ3) is 3.01. The largest absolute Gasteiger partial charge is 0.306 e. The van der Waals surface area contributed by atoms with Crippen LogP contribution in [0.3, 0.4) is 0 Å². The van der Waals surface area contributed by atoms with Gasteiger partial charge in [0.15, 0.2) is 0 Å². The minimum Gasteiger partial charge on any atom is -0.306 e.